The number of nitrogens with one attached hydrogen (secondary N) is 1. The van der Waals surface area contributed by atoms with Crippen molar-refractivity contribution >= 4 is 17.6 Å². The van der Waals surface area contributed by atoms with E-state index in [9.17, 15) is 4.79 Å². The minimum absolute atomic E-state index is 0.166. The van der Waals surface area contributed by atoms with Gasteiger partial charge in [0.15, 0.2) is 0 Å². The van der Waals surface area contributed by atoms with E-state index in [1.165, 1.54) is 17.5 Å². The fourth-order valence-electron chi connectivity index (χ4n) is 3.81. The Balaban J connectivity index is 1.46. The second-order valence-corrected chi connectivity index (χ2v) is 7.19. The van der Waals surface area contributed by atoms with Crippen molar-refractivity contribution in [2.24, 2.45) is 5.92 Å². The molecule has 1 amide bonds. The normalized spacial score (nSPS) is 26.1. The molecule has 0 saturated carbocycles. The second-order valence-electron chi connectivity index (χ2n) is 6.78. The highest BCUT2D eigenvalue weighted by Crippen LogP contribution is 2.28. The number of benzene rings is 1. The molecule has 0 aliphatic carbocycles. The largest absolute Gasteiger partial charge is 0.342 e. The summed E-state index contributed by atoms with van der Waals surface area (Å²) in [6.07, 6.45) is 7.00. The highest BCUT2D eigenvalue weighted by molar-refractivity contribution is 6.33. The van der Waals surface area contributed by atoms with E-state index in [2.05, 4.69) is 15.3 Å². The summed E-state index contributed by atoms with van der Waals surface area (Å²) in [4.78, 5) is 15.0. The zero-order chi connectivity index (χ0) is 16.5. The molecule has 5 nitrogen and oxygen atoms in total. The van der Waals surface area contributed by atoms with Crippen LogP contribution in [-0.2, 0) is 0 Å². The summed E-state index contributed by atoms with van der Waals surface area (Å²) in [5, 5.41) is 8.01. The third-order valence-corrected chi connectivity index (χ3v) is 5.44. The number of piperidine rings is 1. The Kier molecular flexibility index (Phi) is 4.29. The zero-order valence-electron chi connectivity index (χ0n) is 13.5. The van der Waals surface area contributed by atoms with Crippen molar-refractivity contribution in [1.29, 1.82) is 0 Å². The van der Waals surface area contributed by atoms with Gasteiger partial charge in [0, 0.05) is 34.9 Å². The molecule has 126 valence electrons. The molecule has 3 aliphatic heterocycles. The lowest BCUT2D eigenvalue weighted by Gasteiger charge is -2.26. The second kappa shape index (κ2) is 6.57. The van der Waals surface area contributed by atoms with E-state index in [0.717, 1.165) is 43.1 Å². The quantitative estimate of drug-likeness (QED) is 0.909. The van der Waals surface area contributed by atoms with Crippen LogP contribution < -0.4 is 5.32 Å². The van der Waals surface area contributed by atoms with E-state index in [1.54, 1.807) is 12.4 Å². The maximum absolute atomic E-state index is 12.5. The number of carbonyl (C=O) groups is 1. The van der Waals surface area contributed by atoms with Crippen LogP contribution in [0.3, 0.4) is 0 Å². The van der Waals surface area contributed by atoms with E-state index < -0.39 is 0 Å². The highest BCUT2D eigenvalue weighted by Gasteiger charge is 2.30. The van der Waals surface area contributed by atoms with Crippen LogP contribution in [0.4, 0.5) is 4.79 Å². The number of halogens is 1. The van der Waals surface area contributed by atoms with Gasteiger partial charge in [-0.2, -0.15) is 9.78 Å². The van der Waals surface area contributed by atoms with Gasteiger partial charge in [0.1, 0.15) is 0 Å². The van der Waals surface area contributed by atoms with Crippen molar-refractivity contribution in [3.63, 3.8) is 0 Å². The van der Waals surface area contributed by atoms with Crippen LogP contribution >= 0.6 is 11.6 Å². The van der Waals surface area contributed by atoms with Crippen molar-refractivity contribution < 1.29 is 4.79 Å². The first-order valence-electron chi connectivity index (χ1n) is 8.52. The Morgan fingerprint density at radius 1 is 1.25 bits per heavy atom. The SMILES string of the molecule is O=C(NC1CC2CCN(CC2)C1)n1cc(-c2ccccc2Cl)cn1. The van der Waals surface area contributed by atoms with Crippen molar-refractivity contribution in [3.05, 3.63) is 41.7 Å². The van der Waals surface area contributed by atoms with Crippen LogP contribution in [0, 0.1) is 5.92 Å². The van der Waals surface area contributed by atoms with Crippen LogP contribution in [0.1, 0.15) is 19.3 Å². The molecule has 1 N–H and O–H groups in total. The van der Waals surface area contributed by atoms with Gasteiger partial charge in [0.2, 0.25) is 0 Å². The maximum atomic E-state index is 12.5. The van der Waals surface area contributed by atoms with Crippen molar-refractivity contribution in [2.75, 3.05) is 19.6 Å². The summed E-state index contributed by atoms with van der Waals surface area (Å²) in [7, 11) is 0. The molecule has 1 atom stereocenters. The number of aromatic nitrogens is 2. The topological polar surface area (TPSA) is 50.2 Å². The van der Waals surface area contributed by atoms with Crippen molar-refractivity contribution in [1.82, 2.24) is 20.0 Å². The number of nitrogens with zero attached hydrogens (tertiary/aromatic N) is 3. The van der Waals surface area contributed by atoms with Crippen LogP contribution in [0.15, 0.2) is 36.7 Å². The van der Waals surface area contributed by atoms with Crippen LogP contribution in [-0.4, -0.2) is 46.4 Å². The first-order valence-corrected chi connectivity index (χ1v) is 8.89. The predicted octanol–water partition coefficient (Wildman–Crippen LogP) is 3.25. The van der Waals surface area contributed by atoms with Gasteiger partial charge >= 0.3 is 6.03 Å². The molecule has 4 heterocycles. The molecule has 0 radical (unpaired) electrons. The van der Waals surface area contributed by atoms with Gasteiger partial charge in [0.05, 0.1) is 6.20 Å². The summed E-state index contributed by atoms with van der Waals surface area (Å²) in [5.74, 6) is 0.741. The van der Waals surface area contributed by atoms with E-state index in [0.29, 0.717) is 5.02 Å². The third-order valence-electron chi connectivity index (χ3n) is 5.11. The Morgan fingerprint density at radius 3 is 2.83 bits per heavy atom. The van der Waals surface area contributed by atoms with E-state index >= 15 is 0 Å². The Morgan fingerprint density at radius 2 is 2.04 bits per heavy atom. The standard InChI is InChI=1S/C18H21ClN4O/c19-17-4-2-1-3-16(17)14-10-20-23(11-14)18(24)21-15-9-13-5-7-22(12-15)8-6-13/h1-4,10-11,13,15H,5-9,12H2,(H,21,24). The molecule has 1 aromatic carbocycles. The first-order chi connectivity index (χ1) is 11.7. The van der Waals surface area contributed by atoms with Gasteiger partial charge in [-0.3, -0.25) is 0 Å². The van der Waals surface area contributed by atoms with Gasteiger partial charge in [-0.1, -0.05) is 29.8 Å². The lowest BCUT2D eigenvalue weighted by molar-refractivity contribution is 0.216. The van der Waals surface area contributed by atoms with E-state index in [1.807, 2.05) is 24.3 Å². The fraction of sp³-hybridized carbons (Fsp3) is 0.444. The number of hydrogen-bond acceptors (Lipinski definition) is 3. The molecule has 0 spiro atoms. The highest BCUT2D eigenvalue weighted by atomic mass is 35.5. The average molecular weight is 345 g/mol. The Hall–Kier alpha value is -1.85. The number of carbonyl (C=O) groups excluding carboxylic acids is 1. The van der Waals surface area contributed by atoms with Gasteiger partial charge in [-0.25, -0.2) is 4.79 Å². The molecule has 2 aromatic rings. The lowest BCUT2D eigenvalue weighted by atomic mass is 9.94. The summed E-state index contributed by atoms with van der Waals surface area (Å²) < 4.78 is 1.38. The minimum Gasteiger partial charge on any atom is -0.332 e. The summed E-state index contributed by atoms with van der Waals surface area (Å²) in [5.41, 5.74) is 1.73. The van der Waals surface area contributed by atoms with E-state index in [-0.39, 0.29) is 12.1 Å². The summed E-state index contributed by atoms with van der Waals surface area (Å²) in [6, 6.07) is 7.62. The maximum Gasteiger partial charge on any atom is 0.342 e. The Labute approximate surface area is 146 Å². The number of hydrogen-bond donors (Lipinski definition) is 1. The van der Waals surface area contributed by atoms with Gasteiger partial charge in [-0.05, 0) is 44.3 Å². The van der Waals surface area contributed by atoms with Crippen LogP contribution in [0.5, 0.6) is 0 Å². The molecule has 5 rings (SSSR count). The molecule has 2 bridgehead atoms. The monoisotopic (exact) mass is 344 g/mol. The molecule has 24 heavy (non-hydrogen) atoms. The molecule has 1 aromatic heterocycles. The number of rotatable bonds is 2. The number of fused-ring (bicyclic) bond motifs is 4. The van der Waals surface area contributed by atoms with Gasteiger partial charge < -0.3 is 10.2 Å². The molecular weight excluding hydrogens is 324 g/mol. The fourth-order valence-corrected chi connectivity index (χ4v) is 4.05. The van der Waals surface area contributed by atoms with Crippen molar-refractivity contribution in [2.45, 2.75) is 25.3 Å². The van der Waals surface area contributed by atoms with Crippen LogP contribution in [0.25, 0.3) is 11.1 Å². The summed E-state index contributed by atoms with van der Waals surface area (Å²) in [6.45, 7) is 3.27. The molecule has 3 saturated heterocycles. The van der Waals surface area contributed by atoms with Gasteiger partial charge in [0.25, 0.3) is 0 Å². The zero-order valence-corrected chi connectivity index (χ0v) is 14.2. The predicted molar refractivity (Wildman–Crippen MR) is 94.2 cm³/mol. The number of amides is 1. The lowest BCUT2D eigenvalue weighted by Crippen LogP contribution is -2.43. The van der Waals surface area contributed by atoms with Crippen molar-refractivity contribution in [3.8, 4) is 11.1 Å². The summed E-state index contributed by atoms with van der Waals surface area (Å²) >= 11 is 6.22. The molecule has 3 fully saturated rings. The average Bonchev–Trinajstić information content (AvgIpc) is 2.90. The van der Waals surface area contributed by atoms with Gasteiger partial charge in [-0.15, -0.1) is 0 Å². The van der Waals surface area contributed by atoms with Crippen LogP contribution in [0.2, 0.25) is 5.02 Å². The third kappa shape index (κ3) is 3.19. The molecule has 3 aliphatic rings. The molecular formula is C18H21ClN4O. The smallest absolute Gasteiger partial charge is 0.332 e. The molecule has 6 heteroatoms. The molecule has 1 unspecified atom stereocenters. The minimum atomic E-state index is -0.166. The van der Waals surface area contributed by atoms with E-state index in [4.69, 9.17) is 11.6 Å². The first kappa shape index (κ1) is 15.7. The Bertz CT molecular complexity index is 722.